The van der Waals surface area contributed by atoms with Crippen molar-refractivity contribution in [3.63, 3.8) is 0 Å². The number of halogens is 1. The highest BCUT2D eigenvalue weighted by atomic mass is 19.1. The Morgan fingerprint density at radius 1 is 1.05 bits per heavy atom. The lowest BCUT2D eigenvalue weighted by Crippen LogP contribution is -2.34. The fraction of sp³-hybridized carbons (Fsp3) is 0.333. The highest BCUT2D eigenvalue weighted by Crippen LogP contribution is 2.39. The van der Waals surface area contributed by atoms with E-state index in [-0.39, 0.29) is 5.82 Å². The van der Waals surface area contributed by atoms with Crippen molar-refractivity contribution >= 4 is 5.69 Å². The maximum Gasteiger partial charge on any atom is 0.146 e. The Kier molecular flexibility index (Phi) is 3.47. The van der Waals surface area contributed by atoms with Crippen LogP contribution in [0, 0.1) is 19.7 Å². The van der Waals surface area contributed by atoms with E-state index in [4.69, 9.17) is 0 Å². The van der Waals surface area contributed by atoms with E-state index in [9.17, 15) is 4.39 Å². The molecule has 1 fully saturated rings. The van der Waals surface area contributed by atoms with E-state index < -0.39 is 0 Å². The molecule has 1 saturated carbocycles. The first kappa shape index (κ1) is 13.2. The van der Waals surface area contributed by atoms with E-state index in [0.717, 1.165) is 18.4 Å². The SMILES string of the molecule is Cc1cccc(C2CC(Nc3c(C)cccc3F)C2)c1. The fourth-order valence-corrected chi connectivity index (χ4v) is 2.95. The van der Waals surface area contributed by atoms with E-state index in [1.165, 1.54) is 17.2 Å². The average Bonchev–Trinajstić information content (AvgIpc) is 2.36. The van der Waals surface area contributed by atoms with Gasteiger partial charge in [0.25, 0.3) is 0 Å². The lowest BCUT2D eigenvalue weighted by molar-refractivity contribution is 0.372. The Balaban J connectivity index is 1.64. The zero-order chi connectivity index (χ0) is 14.1. The molecule has 2 heteroatoms. The molecule has 0 atom stereocenters. The first-order valence-corrected chi connectivity index (χ1v) is 7.21. The lowest BCUT2D eigenvalue weighted by atomic mass is 9.75. The number of aryl methyl sites for hydroxylation is 2. The third kappa shape index (κ3) is 2.55. The van der Waals surface area contributed by atoms with Crippen LogP contribution in [0.1, 0.15) is 35.4 Å². The fourth-order valence-electron chi connectivity index (χ4n) is 2.95. The summed E-state index contributed by atoms with van der Waals surface area (Å²) >= 11 is 0. The molecule has 0 radical (unpaired) electrons. The van der Waals surface area contributed by atoms with Crippen molar-refractivity contribution in [2.24, 2.45) is 0 Å². The normalized spacial score (nSPS) is 21.4. The molecular formula is C18H20FN. The third-order valence-electron chi connectivity index (χ3n) is 4.22. The Morgan fingerprint density at radius 2 is 1.80 bits per heavy atom. The number of hydrogen-bond acceptors (Lipinski definition) is 1. The highest BCUT2D eigenvalue weighted by molar-refractivity contribution is 5.53. The van der Waals surface area contributed by atoms with Gasteiger partial charge in [0.05, 0.1) is 5.69 Å². The van der Waals surface area contributed by atoms with Crippen LogP contribution in [0.4, 0.5) is 10.1 Å². The maximum atomic E-state index is 13.8. The standard InChI is InChI=1S/C18H20FN/c1-12-5-3-7-14(9-12)15-10-16(11-15)20-18-13(2)6-4-8-17(18)19/h3-9,15-16,20H,10-11H2,1-2H3. The molecule has 2 aromatic rings. The molecule has 0 amide bonds. The molecule has 2 aromatic carbocycles. The number of rotatable bonds is 3. The zero-order valence-corrected chi connectivity index (χ0v) is 12.0. The van der Waals surface area contributed by atoms with E-state index in [1.54, 1.807) is 6.07 Å². The van der Waals surface area contributed by atoms with Crippen LogP contribution in [0.2, 0.25) is 0 Å². The van der Waals surface area contributed by atoms with Crippen molar-refractivity contribution in [2.45, 2.75) is 38.6 Å². The van der Waals surface area contributed by atoms with Crippen molar-refractivity contribution in [2.75, 3.05) is 5.32 Å². The van der Waals surface area contributed by atoms with Crippen molar-refractivity contribution in [1.29, 1.82) is 0 Å². The minimum Gasteiger partial charge on any atom is -0.380 e. The van der Waals surface area contributed by atoms with Gasteiger partial charge in [-0.25, -0.2) is 4.39 Å². The molecule has 20 heavy (non-hydrogen) atoms. The number of hydrogen-bond donors (Lipinski definition) is 1. The van der Waals surface area contributed by atoms with Crippen LogP contribution >= 0.6 is 0 Å². The largest absolute Gasteiger partial charge is 0.380 e. The summed E-state index contributed by atoms with van der Waals surface area (Å²) in [6.45, 7) is 4.07. The molecule has 0 aliphatic heterocycles. The summed E-state index contributed by atoms with van der Waals surface area (Å²) in [5, 5.41) is 3.35. The molecule has 0 bridgehead atoms. The second kappa shape index (κ2) is 5.28. The second-order valence-corrected chi connectivity index (χ2v) is 5.86. The topological polar surface area (TPSA) is 12.0 Å². The van der Waals surface area contributed by atoms with E-state index in [2.05, 4.69) is 36.5 Å². The molecule has 0 aromatic heterocycles. The average molecular weight is 269 g/mol. The molecule has 104 valence electrons. The highest BCUT2D eigenvalue weighted by Gasteiger charge is 2.30. The van der Waals surface area contributed by atoms with Gasteiger partial charge in [0.1, 0.15) is 5.82 Å². The minimum absolute atomic E-state index is 0.149. The summed E-state index contributed by atoms with van der Waals surface area (Å²) in [7, 11) is 0. The van der Waals surface area contributed by atoms with E-state index in [1.807, 2.05) is 13.0 Å². The van der Waals surface area contributed by atoms with Crippen molar-refractivity contribution in [3.8, 4) is 0 Å². The smallest absolute Gasteiger partial charge is 0.146 e. The molecule has 1 aliphatic rings. The quantitative estimate of drug-likeness (QED) is 0.844. The number of nitrogens with one attached hydrogen (secondary N) is 1. The zero-order valence-electron chi connectivity index (χ0n) is 12.0. The van der Waals surface area contributed by atoms with Crippen LogP contribution in [0.25, 0.3) is 0 Å². The molecule has 1 N–H and O–H groups in total. The van der Waals surface area contributed by atoms with Gasteiger partial charge in [-0.2, -0.15) is 0 Å². The molecule has 0 spiro atoms. The number of para-hydroxylation sites is 1. The predicted octanol–water partition coefficient (Wildman–Crippen LogP) is 4.80. The van der Waals surface area contributed by atoms with Gasteiger partial charge in [0.15, 0.2) is 0 Å². The van der Waals surface area contributed by atoms with Crippen molar-refractivity contribution < 1.29 is 4.39 Å². The summed E-state index contributed by atoms with van der Waals surface area (Å²) < 4.78 is 13.8. The summed E-state index contributed by atoms with van der Waals surface area (Å²) in [4.78, 5) is 0. The summed E-state index contributed by atoms with van der Waals surface area (Å²) in [6.07, 6.45) is 2.16. The third-order valence-corrected chi connectivity index (χ3v) is 4.22. The number of anilines is 1. The Bertz CT molecular complexity index is 594. The molecule has 0 saturated heterocycles. The van der Waals surface area contributed by atoms with Crippen LogP contribution in [0.3, 0.4) is 0 Å². The first-order chi connectivity index (χ1) is 9.63. The molecular weight excluding hydrogens is 249 g/mol. The van der Waals surface area contributed by atoms with Crippen LogP contribution in [0.5, 0.6) is 0 Å². The minimum atomic E-state index is -0.149. The van der Waals surface area contributed by atoms with Crippen molar-refractivity contribution in [1.82, 2.24) is 0 Å². The van der Waals surface area contributed by atoms with Gasteiger partial charge >= 0.3 is 0 Å². The van der Waals surface area contributed by atoms with Crippen LogP contribution in [-0.4, -0.2) is 6.04 Å². The van der Waals surface area contributed by atoms with Crippen molar-refractivity contribution in [3.05, 3.63) is 65.0 Å². The van der Waals surface area contributed by atoms with Crippen LogP contribution in [0.15, 0.2) is 42.5 Å². The van der Waals surface area contributed by atoms with Crippen LogP contribution in [-0.2, 0) is 0 Å². The van der Waals surface area contributed by atoms with Gasteiger partial charge in [0, 0.05) is 6.04 Å². The maximum absolute atomic E-state index is 13.8. The summed E-state index contributed by atoms with van der Waals surface area (Å²) in [5.74, 6) is 0.462. The van der Waals surface area contributed by atoms with Gasteiger partial charge in [-0.1, -0.05) is 42.0 Å². The molecule has 1 nitrogen and oxygen atoms in total. The van der Waals surface area contributed by atoms with Crippen LogP contribution < -0.4 is 5.32 Å². The van der Waals surface area contributed by atoms with Gasteiger partial charge in [-0.15, -0.1) is 0 Å². The Hall–Kier alpha value is -1.83. The van der Waals surface area contributed by atoms with Gasteiger partial charge in [0.2, 0.25) is 0 Å². The monoisotopic (exact) mass is 269 g/mol. The summed E-state index contributed by atoms with van der Waals surface area (Å²) in [5.41, 5.74) is 4.36. The van der Waals surface area contributed by atoms with Gasteiger partial charge in [-0.05, 0) is 49.8 Å². The lowest BCUT2D eigenvalue weighted by Gasteiger charge is -2.37. The van der Waals surface area contributed by atoms with E-state index >= 15 is 0 Å². The second-order valence-electron chi connectivity index (χ2n) is 5.86. The molecule has 3 rings (SSSR count). The molecule has 1 aliphatic carbocycles. The predicted molar refractivity (Wildman–Crippen MR) is 81.7 cm³/mol. The summed E-state index contributed by atoms with van der Waals surface area (Å²) in [6, 6.07) is 14.3. The van der Waals surface area contributed by atoms with E-state index in [0.29, 0.717) is 17.6 Å². The van der Waals surface area contributed by atoms with Gasteiger partial charge < -0.3 is 5.32 Å². The van der Waals surface area contributed by atoms with Gasteiger partial charge in [-0.3, -0.25) is 0 Å². The number of benzene rings is 2. The molecule has 0 heterocycles. The molecule has 0 unspecified atom stereocenters. The first-order valence-electron chi connectivity index (χ1n) is 7.21. The Morgan fingerprint density at radius 3 is 2.50 bits per heavy atom. The Labute approximate surface area is 119 Å².